The third kappa shape index (κ3) is 3.46. The molecule has 0 radical (unpaired) electrons. The lowest BCUT2D eigenvalue weighted by Crippen LogP contribution is -2.44. The van der Waals surface area contributed by atoms with E-state index in [2.05, 4.69) is 21.2 Å². The van der Waals surface area contributed by atoms with Crippen molar-refractivity contribution in [3.63, 3.8) is 0 Å². The van der Waals surface area contributed by atoms with E-state index in [-0.39, 0.29) is 5.56 Å². The molecule has 0 spiro atoms. The van der Waals surface area contributed by atoms with E-state index in [1.807, 2.05) is 0 Å². The highest BCUT2D eigenvalue weighted by atomic mass is 79.9. The molecule has 1 amide bonds. The summed E-state index contributed by atoms with van der Waals surface area (Å²) in [6, 6.07) is 1.33. The number of benzene rings is 1. The summed E-state index contributed by atoms with van der Waals surface area (Å²) >= 11 is 3.19. The summed E-state index contributed by atoms with van der Waals surface area (Å²) < 4.78 is 38.5. The van der Waals surface area contributed by atoms with Crippen LogP contribution in [0.15, 0.2) is 12.1 Å². The highest BCUT2D eigenvalue weighted by Gasteiger charge is 2.21. The molecule has 6 heteroatoms. The molecule has 0 saturated carbocycles. The number of hydrogen-bond acceptors (Lipinski definition) is 1. The van der Waals surface area contributed by atoms with Gasteiger partial charge in [0.05, 0.1) is 0 Å². The van der Waals surface area contributed by atoms with E-state index in [1.165, 1.54) is 0 Å². The van der Waals surface area contributed by atoms with Crippen LogP contribution >= 0.6 is 15.9 Å². The van der Waals surface area contributed by atoms with Gasteiger partial charge in [-0.15, -0.1) is 0 Å². The molecule has 17 heavy (non-hydrogen) atoms. The number of carbonyl (C=O) groups is 1. The van der Waals surface area contributed by atoms with E-state index in [0.29, 0.717) is 17.5 Å². The van der Waals surface area contributed by atoms with E-state index in [0.717, 1.165) is 0 Å². The summed E-state index contributed by atoms with van der Waals surface area (Å²) in [6.45, 7) is 3.46. The maximum Gasteiger partial charge on any atom is 0.251 e. The van der Waals surface area contributed by atoms with Crippen LogP contribution in [0.1, 0.15) is 24.2 Å². The molecule has 0 aliphatic carbocycles. The Bertz CT molecular complexity index is 425. The van der Waals surface area contributed by atoms with E-state index in [1.54, 1.807) is 13.8 Å². The zero-order valence-electron chi connectivity index (χ0n) is 9.28. The Balaban J connectivity index is 2.98. The Labute approximate surface area is 105 Å². The van der Waals surface area contributed by atoms with Gasteiger partial charge >= 0.3 is 0 Å². The molecule has 1 aromatic carbocycles. The molecular formula is C11H11BrF3NO. The van der Waals surface area contributed by atoms with Crippen molar-refractivity contribution in [2.75, 3.05) is 5.33 Å². The summed E-state index contributed by atoms with van der Waals surface area (Å²) in [5.74, 6) is -5.01. The molecule has 94 valence electrons. The van der Waals surface area contributed by atoms with Crippen molar-refractivity contribution in [2.45, 2.75) is 19.4 Å². The molecule has 1 rings (SSSR count). The summed E-state index contributed by atoms with van der Waals surface area (Å²) in [5.41, 5.74) is -0.825. The Morgan fingerprint density at radius 2 is 1.76 bits per heavy atom. The van der Waals surface area contributed by atoms with Crippen molar-refractivity contribution in [3.05, 3.63) is 35.1 Å². The lowest BCUT2D eigenvalue weighted by Gasteiger charge is -2.23. The highest BCUT2D eigenvalue weighted by Crippen LogP contribution is 2.15. The van der Waals surface area contributed by atoms with Crippen LogP contribution in [0.3, 0.4) is 0 Å². The van der Waals surface area contributed by atoms with Gasteiger partial charge in [0.15, 0.2) is 17.5 Å². The maximum absolute atomic E-state index is 12.9. The van der Waals surface area contributed by atoms with Gasteiger partial charge in [-0.2, -0.15) is 0 Å². The third-order valence-electron chi connectivity index (χ3n) is 2.03. The molecular weight excluding hydrogens is 299 g/mol. The number of amides is 1. The second-order valence-electron chi connectivity index (χ2n) is 4.23. The SMILES string of the molecule is CC(C)(CBr)NC(=O)c1cc(F)c(F)c(F)c1. The number of alkyl halides is 1. The molecule has 0 atom stereocenters. The summed E-state index contributed by atoms with van der Waals surface area (Å²) in [6.07, 6.45) is 0. The quantitative estimate of drug-likeness (QED) is 0.675. The molecule has 0 bridgehead atoms. The van der Waals surface area contributed by atoms with Crippen LogP contribution in [0.5, 0.6) is 0 Å². The first-order valence-corrected chi connectivity index (χ1v) is 5.92. The normalized spacial score (nSPS) is 11.4. The second kappa shape index (κ2) is 5.08. The standard InChI is InChI=1S/C11H11BrF3NO/c1-11(2,5-12)16-10(17)6-3-7(13)9(15)8(14)4-6/h3-4H,5H2,1-2H3,(H,16,17). The minimum atomic E-state index is -1.58. The Kier molecular flexibility index (Phi) is 4.19. The summed E-state index contributed by atoms with van der Waals surface area (Å²) in [5, 5.41) is 3.02. The van der Waals surface area contributed by atoms with Crippen LogP contribution in [-0.2, 0) is 0 Å². The molecule has 1 N–H and O–H groups in total. The van der Waals surface area contributed by atoms with Crippen LogP contribution in [0, 0.1) is 17.5 Å². The van der Waals surface area contributed by atoms with Crippen molar-refractivity contribution in [1.82, 2.24) is 5.32 Å². The topological polar surface area (TPSA) is 29.1 Å². The molecule has 0 fully saturated rings. The average Bonchev–Trinajstić information content (AvgIpc) is 2.24. The highest BCUT2D eigenvalue weighted by molar-refractivity contribution is 9.09. The fourth-order valence-electron chi connectivity index (χ4n) is 1.10. The van der Waals surface area contributed by atoms with Gasteiger partial charge in [0.2, 0.25) is 0 Å². The predicted molar refractivity (Wildman–Crippen MR) is 61.7 cm³/mol. The van der Waals surface area contributed by atoms with Crippen molar-refractivity contribution < 1.29 is 18.0 Å². The van der Waals surface area contributed by atoms with Gasteiger partial charge in [0, 0.05) is 16.4 Å². The summed E-state index contributed by atoms with van der Waals surface area (Å²) in [7, 11) is 0. The summed E-state index contributed by atoms with van der Waals surface area (Å²) in [4.78, 5) is 11.6. The van der Waals surface area contributed by atoms with Gasteiger partial charge in [-0.25, -0.2) is 13.2 Å². The van der Waals surface area contributed by atoms with Crippen LogP contribution in [-0.4, -0.2) is 16.8 Å². The van der Waals surface area contributed by atoms with E-state index in [4.69, 9.17) is 0 Å². The number of carbonyl (C=O) groups excluding carboxylic acids is 1. The fraction of sp³-hybridized carbons (Fsp3) is 0.364. The lowest BCUT2D eigenvalue weighted by molar-refractivity contribution is 0.0920. The zero-order chi connectivity index (χ0) is 13.2. The smallest absolute Gasteiger partial charge is 0.251 e. The Morgan fingerprint density at radius 3 is 2.18 bits per heavy atom. The molecule has 0 heterocycles. The van der Waals surface area contributed by atoms with E-state index >= 15 is 0 Å². The van der Waals surface area contributed by atoms with Crippen LogP contribution in [0.25, 0.3) is 0 Å². The number of halogens is 4. The lowest BCUT2D eigenvalue weighted by atomic mass is 10.1. The van der Waals surface area contributed by atoms with Crippen molar-refractivity contribution >= 4 is 21.8 Å². The van der Waals surface area contributed by atoms with Crippen LogP contribution in [0.4, 0.5) is 13.2 Å². The Hall–Kier alpha value is -1.04. The van der Waals surface area contributed by atoms with Crippen LogP contribution < -0.4 is 5.32 Å². The zero-order valence-corrected chi connectivity index (χ0v) is 10.9. The second-order valence-corrected chi connectivity index (χ2v) is 4.79. The molecule has 0 unspecified atom stereocenters. The van der Waals surface area contributed by atoms with E-state index < -0.39 is 28.9 Å². The fourth-order valence-corrected chi connectivity index (χ4v) is 1.24. The van der Waals surface area contributed by atoms with Crippen molar-refractivity contribution in [3.8, 4) is 0 Å². The molecule has 1 aromatic rings. The molecule has 0 saturated heterocycles. The van der Waals surface area contributed by atoms with Crippen molar-refractivity contribution in [2.24, 2.45) is 0 Å². The maximum atomic E-state index is 12.9. The molecule has 0 aliphatic rings. The number of nitrogens with one attached hydrogen (secondary N) is 1. The monoisotopic (exact) mass is 309 g/mol. The van der Waals surface area contributed by atoms with Gasteiger partial charge in [-0.3, -0.25) is 4.79 Å². The van der Waals surface area contributed by atoms with Crippen LogP contribution in [0.2, 0.25) is 0 Å². The first-order chi connectivity index (χ1) is 7.76. The molecule has 2 nitrogen and oxygen atoms in total. The first kappa shape index (κ1) is 14.0. The largest absolute Gasteiger partial charge is 0.346 e. The van der Waals surface area contributed by atoms with Gasteiger partial charge in [0.1, 0.15) is 0 Å². The van der Waals surface area contributed by atoms with Gasteiger partial charge < -0.3 is 5.32 Å². The molecule has 0 aliphatic heterocycles. The van der Waals surface area contributed by atoms with Crippen molar-refractivity contribution in [1.29, 1.82) is 0 Å². The minimum Gasteiger partial charge on any atom is -0.346 e. The van der Waals surface area contributed by atoms with Gasteiger partial charge in [0.25, 0.3) is 5.91 Å². The number of rotatable bonds is 3. The van der Waals surface area contributed by atoms with Gasteiger partial charge in [-0.1, -0.05) is 15.9 Å². The van der Waals surface area contributed by atoms with Gasteiger partial charge in [-0.05, 0) is 26.0 Å². The average molecular weight is 310 g/mol. The Morgan fingerprint density at radius 1 is 1.29 bits per heavy atom. The molecule has 0 aromatic heterocycles. The third-order valence-corrected chi connectivity index (χ3v) is 3.43. The predicted octanol–water partition coefficient (Wildman–Crippen LogP) is 3.01. The number of hydrogen-bond donors (Lipinski definition) is 1. The van der Waals surface area contributed by atoms with E-state index in [9.17, 15) is 18.0 Å². The minimum absolute atomic E-state index is 0.254. The first-order valence-electron chi connectivity index (χ1n) is 4.80.